The minimum absolute atomic E-state index is 0.312. The monoisotopic (exact) mass is 409 g/mol. The zero-order valence-electron chi connectivity index (χ0n) is 15.6. The van der Waals surface area contributed by atoms with E-state index in [-0.39, 0.29) is 11.7 Å². The van der Waals surface area contributed by atoms with Crippen molar-refractivity contribution in [3.8, 4) is 11.1 Å². The molecular weight excluding hydrogens is 389 g/mol. The van der Waals surface area contributed by atoms with Crippen molar-refractivity contribution < 1.29 is 13.4 Å². The zero-order valence-corrected chi connectivity index (χ0v) is 16.4. The van der Waals surface area contributed by atoms with E-state index in [1.54, 1.807) is 48.5 Å². The van der Waals surface area contributed by atoms with Gasteiger partial charge in [0.05, 0.1) is 21.1 Å². The average Bonchev–Trinajstić information content (AvgIpc) is 3.18. The molecule has 0 unspecified atom stereocenters. The van der Waals surface area contributed by atoms with E-state index < -0.39 is 9.73 Å². The second-order valence-corrected chi connectivity index (χ2v) is 9.26. The van der Waals surface area contributed by atoms with Crippen LogP contribution in [0.1, 0.15) is 16.8 Å². The van der Waals surface area contributed by atoms with Gasteiger partial charge in [-0.15, -0.1) is 0 Å². The quantitative estimate of drug-likeness (QED) is 0.620. The smallest absolute Gasteiger partial charge is 0.255 e. The number of nitrogens with one attached hydrogen (secondary N) is 1. The number of anilines is 2. The lowest BCUT2D eigenvalue weighted by Crippen LogP contribution is -2.13. The van der Waals surface area contributed by atoms with Crippen LogP contribution >= 0.6 is 0 Å². The molecule has 1 heterocycles. The summed E-state index contributed by atoms with van der Waals surface area (Å²) in [5.74, 6) is -0.0725. The van der Waals surface area contributed by atoms with Crippen LogP contribution in [-0.4, -0.2) is 22.4 Å². The third-order valence-electron chi connectivity index (χ3n) is 4.84. The van der Waals surface area contributed by atoms with Gasteiger partial charge < -0.3 is 11.1 Å². The molecule has 1 aliphatic rings. The highest BCUT2D eigenvalue weighted by Gasteiger charge is 2.18. The first-order valence-electron chi connectivity index (χ1n) is 9.22. The number of rotatable bonds is 4. The summed E-state index contributed by atoms with van der Waals surface area (Å²) in [5, 5.41) is 2.81. The van der Waals surface area contributed by atoms with Crippen LogP contribution in [0.25, 0.3) is 11.1 Å². The highest BCUT2D eigenvalue weighted by Crippen LogP contribution is 2.28. The SMILES string of the molecule is Nc1ccc(-c2ccc(F)cc2)cc1NC(=O)c1ccc([S@@]2(=O)=NCCC2)cc1. The number of benzene rings is 3. The summed E-state index contributed by atoms with van der Waals surface area (Å²) in [6.07, 6.45) is 0.824. The molecule has 0 aliphatic carbocycles. The summed E-state index contributed by atoms with van der Waals surface area (Å²) in [6.45, 7) is 0.616. The summed E-state index contributed by atoms with van der Waals surface area (Å²) in [6, 6.07) is 18.0. The molecule has 4 rings (SSSR count). The van der Waals surface area contributed by atoms with Crippen LogP contribution in [0.3, 0.4) is 0 Å². The van der Waals surface area contributed by atoms with Gasteiger partial charge in [-0.1, -0.05) is 18.2 Å². The Morgan fingerprint density at radius 3 is 2.34 bits per heavy atom. The number of carbonyl (C=O) groups excluding carboxylic acids is 1. The lowest BCUT2D eigenvalue weighted by atomic mass is 10.0. The Kier molecular flexibility index (Phi) is 5.07. The van der Waals surface area contributed by atoms with Gasteiger partial charge in [0.1, 0.15) is 5.82 Å². The minimum Gasteiger partial charge on any atom is -0.397 e. The van der Waals surface area contributed by atoms with E-state index in [9.17, 15) is 13.4 Å². The number of carbonyl (C=O) groups is 1. The van der Waals surface area contributed by atoms with Gasteiger partial charge in [0.25, 0.3) is 5.91 Å². The number of nitrogen functional groups attached to an aromatic ring is 1. The van der Waals surface area contributed by atoms with Crippen molar-refractivity contribution in [1.29, 1.82) is 0 Å². The second kappa shape index (κ2) is 7.67. The van der Waals surface area contributed by atoms with Gasteiger partial charge in [-0.05, 0) is 66.1 Å². The van der Waals surface area contributed by atoms with E-state index in [0.29, 0.717) is 34.1 Å². The second-order valence-electron chi connectivity index (χ2n) is 6.84. The molecule has 1 amide bonds. The molecule has 7 heteroatoms. The van der Waals surface area contributed by atoms with E-state index in [0.717, 1.165) is 17.5 Å². The number of halogens is 1. The summed E-state index contributed by atoms with van der Waals surface area (Å²) in [4.78, 5) is 13.3. The highest BCUT2D eigenvalue weighted by atomic mass is 32.2. The predicted molar refractivity (Wildman–Crippen MR) is 114 cm³/mol. The molecule has 1 aliphatic heterocycles. The van der Waals surface area contributed by atoms with Crippen molar-refractivity contribution >= 4 is 27.0 Å². The lowest BCUT2D eigenvalue weighted by Gasteiger charge is -2.11. The fourth-order valence-corrected chi connectivity index (χ4v) is 5.25. The first-order chi connectivity index (χ1) is 13.9. The third kappa shape index (κ3) is 4.00. The van der Waals surface area contributed by atoms with E-state index in [1.807, 2.05) is 6.07 Å². The molecule has 0 saturated heterocycles. The van der Waals surface area contributed by atoms with Gasteiger partial charge in [-0.3, -0.25) is 4.79 Å². The molecular formula is C22H20FN3O2S. The number of nitrogens with zero attached hydrogens (tertiary/aromatic N) is 1. The molecule has 0 aromatic heterocycles. The van der Waals surface area contributed by atoms with Gasteiger partial charge in [-0.2, -0.15) is 0 Å². The van der Waals surface area contributed by atoms with Crippen molar-refractivity contribution in [2.24, 2.45) is 4.36 Å². The molecule has 0 radical (unpaired) electrons. The molecule has 3 N–H and O–H groups in total. The van der Waals surface area contributed by atoms with Crippen LogP contribution in [0.2, 0.25) is 0 Å². The molecule has 0 fully saturated rings. The Labute approximate surface area is 168 Å². The molecule has 148 valence electrons. The summed E-state index contributed by atoms with van der Waals surface area (Å²) in [7, 11) is -2.33. The van der Waals surface area contributed by atoms with Crippen LogP contribution in [0.4, 0.5) is 15.8 Å². The maximum absolute atomic E-state index is 13.2. The van der Waals surface area contributed by atoms with Gasteiger partial charge >= 0.3 is 0 Å². The number of hydrogen-bond donors (Lipinski definition) is 2. The van der Waals surface area contributed by atoms with Crippen LogP contribution in [0.5, 0.6) is 0 Å². The van der Waals surface area contributed by atoms with Crippen LogP contribution in [-0.2, 0) is 9.73 Å². The van der Waals surface area contributed by atoms with Crippen LogP contribution < -0.4 is 11.1 Å². The Balaban J connectivity index is 1.56. The van der Waals surface area contributed by atoms with Gasteiger partial charge in [0, 0.05) is 22.8 Å². The fraction of sp³-hybridized carbons (Fsp3) is 0.136. The Morgan fingerprint density at radius 1 is 1.00 bits per heavy atom. The van der Waals surface area contributed by atoms with Crippen LogP contribution in [0, 0.1) is 5.82 Å². The standard InChI is InChI=1S/C22H20FN3O2S/c23-18-7-2-15(3-8-18)17-6-11-20(24)21(14-17)26-22(27)16-4-9-19(10-5-16)29(28)13-1-12-25-29/h2-11,14H,1,12-13,24H2,(H,26,27)/t29-/m1/s1. The number of hydrogen-bond acceptors (Lipinski definition) is 4. The first-order valence-corrected chi connectivity index (χ1v) is 10.9. The number of nitrogens with two attached hydrogens (primary N) is 1. The Morgan fingerprint density at radius 2 is 1.69 bits per heavy atom. The van der Waals surface area contributed by atoms with E-state index >= 15 is 0 Å². The molecule has 3 aromatic rings. The average molecular weight is 409 g/mol. The molecule has 29 heavy (non-hydrogen) atoms. The maximum atomic E-state index is 13.2. The van der Waals surface area contributed by atoms with Crippen molar-refractivity contribution in [2.45, 2.75) is 11.3 Å². The summed E-state index contributed by atoms with van der Waals surface area (Å²) in [5.41, 5.74) is 8.97. The van der Waals surface area contributed by atoms with E-state index in [4.69, 9.17) is 5.73 Å². The molecule has 0 saturated carbocycles. The van der Waals surface area contributed by atoms with Crippen molar-refractivity contribution in [3.63, 3.8) is 0 Å². The largest absolute Gasteiger partial charge is 0.397 e. The third-order valence-corrected chi connectivity index (χ3v) is 7.29. The predicted octanol–water partition coefficient (Wildman–Crippen LogP) is 4.56. The fourth-order valence-electron chi connectivity index (χ4n) is 3.23. The molecule has 0 spiro atoms. The molecule has 3 aromatic carbocycles. The van der Waals surface area contributed by atoms with E-state index in [1.165, 1.54) is 12.1 Å². The van der Waals surface area contributed by atoms with Gasteiger partial charge in [0.2, 0.25) is 0 Å². The summed E-state index contributed by atoms with van der Waals surface area (Å²) < 4.78 is 30.1. The van der Waals surface area contributed by atoms with E-state index in [2.05, 4.69) is 9.68 Å². The van der Waals surface area contributed by atoms with Crippen molar-refractivity contribution in [2.75, 3.05) is 23.3 Å². The normalized spacial score (nSPS) is 18.2. The van der Waals surface area contributed by atoms with Gasteiger partial charge in [-0.25, -0.2) is 13.0 Å². The van der Waals surface area contributed by atoms with Crippen LogP contribution in [0.15, 0.2) is 76.0 Å². The van der Waals surface area contributed by atoms with Gasteiger partial charge in [0.15, 0.2) is 0 Å². The molecule has 1 atom stereocenters. The summed E-state index contributed by atoms with van der Waals surface area (Å²) >= 11 is 0. The topological polar surface area (TPSA) is 84.5 Å². The number of amides is 1. The lowest BCUT2D eigenvalue weighted by molar-refractivity contribution is 0.102. The Bertz CT molecular complexity index is 1180. The Hall–Kier alpha value is -3.19. The highest BCUT2D eigenvalue weighted by molar-refractivity contribution is 7.93. The minimum atomic E-state index is -2.33. The zero-order chi connectivity index (χ0) is 20.4. The first kappa shape index (κ1) is 19.1. The maximum Gasteiger partial charge on any atom is 0.255 e. The molecule has 5 nitrogen and oxygen atoms in total. The molecule has 0 bridgehead atoms. The van der Waals surface area contributed by atoms with Crippen molar-refractivity contribution in [3.05, 3.63) is 78.1 Å². The van der Waals surface area contributed by atoms with Crippen molar-refractivity contribution in [1.82, 2.24) is 0 Å².